The van der Waals surface area contributed by atoms with Crippen LogP contribution in [0.25, 0.3) is 16.9 Å². The molecular weight excluding hydrogens is 396 g/mol. The topological polar surface area (TPSA) is 88.2 Å². The average Bonchev–Trinajstić information content (AvgIpc) is 3.47. The van der Waals surface area contributed by atoms with E-state index in [1.165, 1.54) is 18.9 Å². The Labute approximate surface area is 178 Å². The van der Waals surface area contributed by atoms with Gasteiger partial charge in [-0.05, 0) is 23.8 Å². The van der Waals surface area contributed by atoms with Crippen LogP contribution >= 0.6 is 0 Å². The maximum absolute atomic E-state index is 12.8. The summed E-state index contributed by atoms with van der Waals surface area (Å²) in [5.74, 6) is -1.36. The van der Waals surface area contributed by atoms with Crippen molar-refractivity contribution in [3.8, 4) is 16.9 Å². The van der Waals surface area contributed by atoms with Gasteiger partial charge in [-0.15, -0.1) is 0 Å². The van der Waals surface area contributed by atoms with Crippen LogP contribution in [0, 0.1) is 0 Å². The van der Waals surface area contributed by atoms with Crippen molar-refractivity contribution < 1.29 is 19.1 Å². The second-order valence-electron chi connectivity index (χ2n) is 6.66. The summed E-state index contributed by atoms with van der Waals surface area (Å²) in [7, 11) is 2.53. The maximum Gasteiger partial charge on any atom is 0.357 e. The Hall–Kier alpha value is -4.20. The van der Waals surface area contributed by atoms with Crippen molar-refractivity contribution in [3.05, 3.63) is 89.9 Å². The molecule has 0 radical (unpaired) electrons. The summed E-state index contributed by atoms with van der Waals surface area (Å²) in [6, 6.07) is 18.4. The molecule has 2 aromatic carbocycles. The highest BCUT2D eigenvalue weighted by atomic mass is 16.5. The molecule has 0 aliphatic heterocycles. The van der Waals surface area contributed by atoms with Crippen molar-refractivity contribution in [2.75, 3.05) is 14.2 Å². The van der Waals surface area contributed by atoms with Crippen LogP contribution in [0.15, 0.2) is 73.1 Å². The van der Waals surface area contributed by atoms with Crippen LogP contribution in [0.1, 0.15) is 26.4 Å². The predicted molar refractivity (Wildman–Crippen MR) is 113 cm³/mol. The molecule has 0 N–H and O–H groups in total. The van der Waals surface area contributed by atoms with Gasteiger partial charge in [0, 0.05) is 18.0 Å². The van der Waals surface area contributed by atoms with Gasteiger partial charge >= 0.3 is 11.9 Å². The van der Waals surface area contributed by atoms with Gasteiger partial charge in [0.2, 0.25) is 0 Å². The average molecular weight is 416 g/mol. The highest BCUT2D eigenvalue weighted by Gasteiger charge is 2.32. The highest BCUT2D eigenvalue weighted by Crippen LogP contribution is 2.31. The number of hydrogen-bond acceptors (Lipinski definition) is 6. The van der Waals surface area contributed by atoms with Gasteiger partial charge in [-0.2, -0.15) is 10.2 Å². The number of esters is 2. The summed E-state index contributed by atoms with van der Waals surface area (Å²) in [4.78, 5) is 25.6. The van der Waals surface area contributed by atoms with E-state index in [1.807, 2.05) is 54.7 Å². The summed E-state index contributed by atoms with van der Waals surface area (Å²) < 4.78 is 13.2. The number of nitrogens with zero attached hydrogens (tertiary/aromatic N) is 4. The third kappa shape index (κ3) is 3.83. The second-order valence-corrected chi connectivity index (χ2v) is 6.66. The smallest absolute Gasteiger partial charge is 0.357 e. The van der Waals surface area contributed by atoms with Gasteiger partial charge in [-0.1, -0.05) is 42.5 Å². The van der Waals surface area contributed by atoms with Crippen molar-refractivity contribution in [1.29, 1.82) is 0 Å². The second kappa shape index (κ2) is 8.66. The fourth-order valence-corrected chi connectivity index (χ4v) is 3.40. The Morgan fingerprint density at radius 2 is 1.61 bits per heavy atom. The molecule has 0 aliphatic carbocycles. The van der Waals surface area contributed by atoms with E-state index >= 15 is 0 Å². The first kappa shape index (κ1) is 20.1. The summed E-state index contributed by atoms with van der Waals surface area (Å²) in [5.41, 5.74) is 2.57. The van der Waals surface area contributed by atoms with Crippen molar-refractivity contribution in [2.24, 2.45) is 0 Å². The Bertz CT molecular complexity index is 1210. The summed E-state index contributed by atoms with van der Waals surface area (Å²) in [6.07, 6.45) is 3.54. The lowest BCUT2D eigenvalue weighted by molar-refractivity contribution is 0.0549. The lowest BCUT2D eigenvalue weighted by Crippen LogP contribution is -2.15. The zero-order valence-corrected chi connectivity index (χ0v) is 17.1. The van der Waals surface area contributed by atoms with Crippen molar-refractivity contribution in [2.45, 2.75) is 6.54 Å². The van der Waals surface area contributed by atoms with Crippen LogP contribution in [0.4, 0.5) is 0 Å². The number of hydrogen-bond donors (Lipinski definition) is 0. The summed E-state index contributed by atoms with van der Waals surface area (Å²) >= 11 is 0. The van der Waals surface area contributed by atoms with Crippen molar-refractivity contribution in [1.82, 2.24) is 19.6 Å². The van der Waals surface area contributed by atoms with Crippen molar-refractivity contribution >= 4 is 11.9 Å². The molecule has 0 spiro atoms. The zero-order valence-electron chi connectivity index (χ0n) is 17.1. The molecule has 0 aliphatic rings. The molecule has 4 aromatic rings. The minimum absolute atomic E-state index is 0.00411. The standard InChI is InChI=1S/C23H20N4O4/c1-30-22(28)19-20(18-12-7-6-9-16(18)15-26-14-8-13-24-26)25-27(21(19)23(29)31-2)17-10-4-3-5-11-17/h3-14H,15H2,1-2H3. The largest absolute Gasteiger partial charge is 0.465 e. The molecule has 0 saturated heterocycles. The first-order chi connectivity index (χ1) is 15.1. The van der Waals surface area contributed by atoms with Gasteiger partial charge in [0.1, 0.15) is 11.3 Å². The maximum atomic E-state index is 12.8. The molecule has 156 valence electrons. The number of rotatable bonds is 6. The lowest BCUT2D eigenvalue weighted by Gasteiger charge is -2.09. The first-order valence-corrected chi connectivity index (χ1v) is 9.54. The van der Waals surface area contributed by atoms with E-state index in [4.69, 9.17) is 9.47 Å². The fraction of sp³-hybridized carbons (Fsp3) is 0.130. The molecule has 4 rings (SSSR count). The van der Waals surface area contributed by atoms with Crippen LogP contribution < -0.4 is 0 Å². The molecule has 31 heavy (non-hydrogen) atoms. The van der Waals surface area contributed by atoms with Crippen LogP contribution in [-0.4, -0.2) is 45.7 Å². The molecule has 0 atom stereocenters. The SMILES string of the molecule is COC(=O)c1c(-c2ccccc2Cn2cccn2)nn(-c2ccccc2)c1C(=O)OC. The van der Waals surface area contributed by atoms with Gasteiger partial charge in [0.05, 0.1) is 26.5 Å². The third-order valence-corrected chi connectivity index (χ3v) is 4.82. The number of para-hydroxylation sites is 1. The molecular formula is C23H20N4O4. The fourth-order valence-electron chi connectivity index (χ4n) is 3.40. The van der Waals surface area contributed by atoms with E-state index in [9.17, 15) is 9.59 Å². The van der Waals surface area contributed by atoms with E-state index in [0.29, 0.717) is 23.5 Å². The molecule has 0 bridgehead atoms. The number of methoxy groups -OCH3 is 2. The number of aromatic nitrogens is 4. The van der Waals surface area contributed by atoms with Gasteiger partial charge in [-0.25, -0.2) is 14.3 Å². The number of carbonyl (C=O) groups is 2. The monoisotopic (exact) mass is 416 g/mol. The van der Waals surface area contributed by atoms with Gasteiger partial charge in [0.15, 0.2) is 5.69 Å². The van der Waals surface area contributed by atoms with Gasteiger partial charge in [0.25, 0.3) is 0 Å². The van der Waals surface area contributed by atoms with Crippen LogP contribution in [0.5, 0.6) is 0 Å². The summed E-state index contributed by atoms with van der Waals surface area (Å²) in [6.45, 7) is 0.468. The Morgan fingerprint density at radius 1 is 0.903 bits per heavy atom. The Balaban J connectivity index is 1.98. The van der Waals surface area contributed by atoms with E-state index in [2.05, 4.69) is 10.2 Å². The molecule has 0 amide bonds. The third-order valence-electron chi connectivity index (χ3n) is 4.82. The molecule has 8 nitrogen and oxygen atoms in total. The van der Waals surface area contributed by atoms with Crippen LogP contribution in [0.2, 0.25) is 0 Å². The van der Waals surface area contributed by atoms with Crippen molar-refractivity contribution in [3.63, 3.8) is 0 Å². The van der Waals surface area contributed by atoms with E-state index in [1.54, 1.807) is 23.0 Å². The van der Waals surface area contributed by atoms with E-state index in [-0.39, 0.29) is 11.3 Å². The first-order valence-electron chi connectivity index (χ1n) is 9.54. The Kier molecular flexibility index (Phi) is 5.61. The number of carbonyl (C=O) groups excluding carboxylic acids is 2. The number of benzene rings is 2. The minimum Gasteiger partial charge on any atom is -0.465 e. The van der Waals surface area contributed by atoms with Crippen LogP contribution in [0.3, 0.4) is 0 Å². The summed E-state index contributed by atoms with van der Waals surface area (Å²) in [5, 5.41) is 8.92. The normalized spacial score (nSPS) is 10.6. The van der Waals surface area contributed by atoms with Crippen LogP contribution in [-0.2, 0) is 16.0 Å². The molecule has 0 unspecified atom stereocenters. The van der Waals surface area contributed by atoms with Gasteiger partial charge in [-0.3, -0.25) is 4.68 Å². The Morgan fingerprint density at radius 3 is 2.29 bits per heavy atom. The zero-order chi connectivity index (χ0) is 21.8. The highest BCUT2D eigenvalue weighted by molar-refractivity contribution is 6.07. The minimum atomic E-state index is -0.687. The quantitative estimate of drug-likeness (QED) is 0.448. The van der Waals surface area contributed by atoms with E-state index in [0.717, 1.165) is 5.56 Å². The molecule has 2 aromatic heterocycles. The molecule has 2 heterocycles. The predicted octanol–water partition coefficient (Wildman–Crippen LogP) is 3.36. The number of ether oxygens (including phenoxy) is 2. The molecule has 8 heteroatoms. The van der Waals surface area contributed by atoms with Gasteiger partial charge < -0.3 is 9.47 Å². The lowest BCUT2D eigenvalue weighted by atomic mass is 10.00. The van der Waals surface area contributed by atoms with E-state index < -0.39 is 11.9 Å². The molecule has 0 saturated carbocycles. The molecule has 0 fully saturated rings.